The summed E-state index contributed by atoms with van der Waals surface area (Å²) in [5.41, 5.74) is -1.56. The van der Waals surface area contributed by atoms with Crippen LogP contribution in [0.5, 0.6) is 0 Å². The monoisotopic (exact) mass is 463 g/mol. The van der Waals surface area contributed by atoms with Crippen LogP contribution >= 0.6 is 17.1 Å². The number of hydrogen-bond donors (Lipinski definition) is 1. The second-order valence-corrected chi connectivity index (χ2v) is 15.8. The highest BCUT2D eigenvalue weighted by atomic mass is 32.9. The van der Waals surface area contributed by atoms with Crippen molar-refractivity contribution >= 4 is 35.0 Å². The first-order valence-electron chi connectivity index (χ1n) is 10.7. The molecule has 1 saturated heterocycles. The maximum atomic E-state index is 11.6. The van der Waals surface area contributed by atoms with Gasteiger partial charge in [-0.15, -0.1) is 0 Å². The Labute approximate surface area is 186 Å². The van der Waals surface area contributed by atoms with Crippen molar-refractivity contribution in [1.82, 2.24) is 5.32 Å². The van der Waals surface area contributed by atoms with Crippen LogP contribution in [0.15, 0.2) is 12.2 Å². The van der Waals surface area contributed by atoms with Gasteiger partial charge in [-0.2, -0.15) is 0 Å². The molecule has 1 saturated carbocycles. The van der Waals surface area contributed by atoms with Gasteiger partial charge < -0.3 is 19.1 Å². The standard InChI is InChI=1S/C21H38NO4PS2/c1-16(2)17-11-12-21(6)18(15-17)29-27(28,26-21)24-14-10-8-7-9-13-22-19(23)25-20(3,4)5/h17-18H,1,7-15H2,2-6H3,(H,22,23)/t17-,18+,21+,27?/m0/s1. The summed E-state index contributed by atoms with van der Waals surface area (Å²) in [6, 6.07) is 0. The van der Waals surface area contributed by atoms with Crippen LogP contribution in [-0.4, -0.2) is 35.7 Å². The molecule has 0 radical (unpaired) electrons. The van der Waals surface area contributed by atoms with E-state index < -0.39 is 11.3 Å². The van der Waals surface area contributed by atoms with Crippen molar-refractivity contribution in [3.05, 3.63) is 12.2 Å². The molecule has 2 rings (SSSR count). The van der Waals surface area contributed by atoms with Gasteiger partial charge >= 0.3 is 6.09 Å². The summed E-state index contributed by atoms with van der Waals surface area (Å²) in [5.74, 6) is 0.583. The molecular weight excluding hydrogens is 425 g/mol. The number of alkyl carbamates (subject to hydrolysis) is 1. The molecule has 1 N–H and O–H groups in total. The fourth-order valence-electron chi connectivity index (χ4n) is 3.71. The van der Waals surface area contributed by atoms with E-state index >= 15 is 0 Å². The third-order valence-corrected chi connectivity index (χ3v) is 11.2. The fraction of sp³-hybridized carbons (Fsp3) is 0.857. The van der Waals surface area contributed by atoms with Gasteiger partial charge in [-0.25, -0.2) is 4.79 Å². The molecule has 0 spiro atoms. The minimum absolute atomic E-state index is 0.139. The number of carbonyl (C=O) groups is 1. The Balaban J connectivity index is 1.59. The van der Waals surface area contributed by atoms with Crippen molar-refractivity contribution < 1.29 is 18.6 Å². The quantitative estimate of drug-likeness (QED) is 0.237. The Morgan fingerprint density at radius 2 is 2.03 bits per heavy atom. The van der Waals surface area contributed by atoms with Gasteiger partial charge in [0, 0.05) is 11.8 Å². The molecule has 1 aliphatic carbocycles. The zero-order valence-electron chi connectivity index (χ0n) is 18.6. The second kappa shape index (κ2) is 10.5. The van der Waals surface area contributed by atoms with Crippen molar-refractivity contribution in [2.75, 3.05) is 13.2 Å². The van der Waals surface area contributed by atoms with Crippen molar-refractivity contribution in [3.63, 3.8) is 0 Å². The van der Waals surface area contributed by atoms with E-state index in [4.69, 9.17) is 25.6 Å². The Bertz CT molecular complexity index is 637. The van der Waals surface area contributed by atoms with E-state index in [0.717, 1.165) is 44.9 Å². The number of unbranched alkanes of at least 4 members (excludes halogenated alkanes) is 3. The van der Waals surface area contributed by atoms with E-state index in [1.54, 1.807) is 11.4 Å². The van der Waals surface area contributed by atoms with Gasteiger partial charge in [0.25, 0.3) is 0 Å². The molecule has 29 heavy (non-hydrogen) atoms. The van der Waals surface area contributed by atoms with Crippen LogP contribution in [-0.2, 0) is 25.6 Å². The predicted octanol–water partition coefficient (Wildman–Crippen LogP) is 6.58. The lowest BCUT2D eigenvalue weighted by molar-refractivity contribution is 0.0519. The Morgan fingerprint density at radius 3 is 2.69 bits per heavy atom. The Kier molecular flexibility index (Phi) is 9.12. The third kappa shape index (κ3) is 8.17. The zero-order chi connectivity index (χ0) is 21.7. The van der Waals surface area contributed by atoms with Gasteiger partial charge in [0.15, 0.2) is 0 Å². The van der Waals surface area contributed by atoms with Gasteiger partial charge in [0.1, 0.15) is 5.60 Å². The predicted molar refractivity (Wildman–Crippen MR) is 126 cm³/mol. The molecule has 1 amide bonds. The van der Waals surface area contributed by atoms with Crippen LogP contribution in [0, 0.1) is 5.92 Å². The van der Waals surface area contributed by atoms with Crippen LogP contribution in [0.2, 0.25) is 0 Å². The number of amides is 1. The number of allylic oxidation sites excluding steroid dienone is 1. The van der Waals surface area contributed by atoms with Crippen molar-refractivity contribution in [2.45, 2.75) is 96.0 Å². The van der Waals surface area contributed by atoms with E-state index in [1.807, 2.05) is 20.8 Å². The average molecular weight is 464 g/mol. The van der Waals surface area contributed by atoms with Crippen molar-refractivity contribution in [1.29, 1.82) is 0 Å². The highest BCUT2D eigenvalue weighted by molar-refractivity contribution is 8.68. The summed E-state index contributed by atoms with van der Waals surface area (Å²) in [7, 11) is 0. The molecule has 1 heterocycles. The summed E-state index contributed by atoms with van der Waals surface area (Å²) in [5, 5.41) is 3.21. The molecule has 1 aliphatic heterocycles. The largest absolute Gasteiger partial charge is 0.444 e. The summed E-state index contributed by atoms with van der Waals surface area (Å²) in [6.45, 7) is 15.3. The van der Waals surface area contributed by atoms with E-state index in [0.29, 0.717) is 24.3 Å². The molecular formula is C21H38NO4PS2. The summed E-state index contributed by atoms with van der Waals surface area (Å²) in [4.78, 5) is 11.6. The number of carbonyl (C=O) groups excluding carboxylic acids is 1. The number of rotatable bonds is 9. The molecule has 0 bridgehead atoms. The molecule has 8 heteroatoms. The number of ether oxygens (including phenoxy) is 1. The topological polar surface area (TPSA) is 56.8 Å². The number of nitrogens with one attached hydrogen (secondary N) is 1. The van der Waals surface area contributed by atoms with Gasteiger partial charge in [-0.05, 0) is 84.4 Å². The van der Waals surface area contributed by atoms with Crippen LogP contribution in [0.4, 0.5) is 4.79 Å². The number of fused-ring (bicyclic) bond motifs is 1. The first-order chi connectivity index (χ1) is 13.4. The minimum atomic E-state index is -2.25. The van der Waals surface area contributed by atoms with Crippen LogP contribution < -0.4 is 5.32 Å². The van der Waals surface area contributed by atoms with Crippen LogP contribution in [0.25, 0.3) is 0 Å². The van der Waals surface area contributed by atoms with Gasteiger partial charge in [0.05, 0.1) is 12.2 Å². The molecule has 0 aromatic carbocycles. The first-order valence-corrected chi connectivity index (χ1v) is 14.8. The molecule has 0 aromatic heterocycles. The normalized spacial score (nSPS) is 31.9. The minimum Gasteiger partial charge on any atom is -0.444 e. The Morgan fingerprint density at radius 1 is 1.34 bits per heavy atom. The van der Waals surface area contributed by atoms with Crippen LogP contribution in [0.3, 0.4) is 0 Å². The van der Waals surface area contributed by atoms with E-state index in [9.17, 15) is 4.79 Å². The highest BCUT2D eigenvalue weighted by Gasteiger charge is 2.53. The molecule has 168 valence electrons. The zero-order valence-corrected chi connectivity index (χ0v) is 21.1. The van der Waals surface area contributed by atoms with Gasteiger partial charge in [-0.3, -0.25) is 0 Å². The highest BCUT2D eigenvalue weighted by Crippen LogP contribution is 2.74. The second-order valence-electron chi connectivity index (χ2n) is 9.44. The summed E-state index contributed by atoms with van der Waals surface area (Å²) < 4.78 is 17.7. The molecule has 1 unspecified atom stereocenters. The SMILES string of the molecule is C=C(C)[C@H]1CC[C@@]2(C)OP(=S)(OCCCCCCNC(=O)OC(C)(C)C)S[C@@H]2C1. The smallest absolute Gasteiger partial charge is 0.407 e. The maximum absolute atomic E-state index is 11.6. The first kappa shape index (κ1) is 25.2. The van der Waals surface area contributed by atoms with E-state index in [2.05, 4.69) is 25.7 Å². The summed E-state index contributed by atoms with van der Waals surface area (Å²) in [6.07, 6.45) is 6.90. The average Bonchev–Trinajstić information content (AvgIpc) is 2.85. The van der Waals surface area contributed by atoms with Crippen molar-refractivity contribution in [3.8, 4) is 0 Å². The summed E-state index contributed by atoms with van der Waals surface area (Å²) >= 11 is 7.57. The van der Waals surface area contributed by atoms with Gasteiger partial charge in [0.2, 0.25) is 5.69 Å². The molecule has 2 fully saturated rings. The van der Waals surface area contributed by atoms with E-state index in [-0.39, 0.29) is 11.7 Å². The molecule has 5 nitrogen and oxygen atoms in total. The lowest BCUT2D eigenvalue weighted by atomic mass is 9.77. The molecule has 4 atom stereocenters. The lowest BCUT2D eigenvalue weighted by Gasteiger charge is -2.37. The van der Waals surface area contributed by atoms with E-state index in [1.165, 1.54) is 5.57 Å². The fourth-order valence-corrected chi connectivity index (χ4v) is 10.6. The Hall–Kier alpha value is -0.0700. The number of hydrogen-bond acceptors (Lipinski definition) is 6. The third-order valence-electron chi connectivity index (χ3n) is 5.43. The molecule has 2 aliphatic rings. The van der Waals surface area contributed by atoms with Gasteiger partial charge in [-0.1, -0.05) is 36.4 Å². The molecule has 0 aromatic rings. The maximum Gasteiger partial charge on any atom is 0.407 e. The van der Waals surface area contributed by atoms with Crippen LogP contribution in [0.1, 0.15) is 79.6 Å². The lowest BCUT2D eigenvalue weighted by Crippen LogP contribution is -2.40. The van der Waals surface area contributed by atoms with Crippen molar-refractivity contribution in [2.24, 2.45) is 5.92 Å².